The average molecular weight is 613 g/mol. The Hall–Kier alpha value is -4.55. The first-order valence-electron chi connectivity index (χ1n) is 13.6. The third-order valence-electron chi connectivity index (χ3n) is 7.19. The van der Waals surface area contributed by atoms with Crippen LogP contribution in [0.3, 0.4) is 0 Å². The van der Waals surface area contributed by atoms with Crippen molar-refractivity contribution in [1.82, 2.24) is 14.9 Å². The largest absolute Gasteiger partial charge is 0.456 e. The lowest BCUT2D eigenvalue weighted by Crippen LogP contribution is -2.35. The van der Waals surface area contributed by atoms with Crippen molar-refractivity contribution in [3.63, 3.8) is 0 Å². The van der Waals surface area contributed by atoms with E-state index in [0.29, 0.717) is 54.5 Å². The summed E-state index contributed by atoms with van der Waals surface area (Å²) in [5.41, 5.74) is 2.68. The smallest absolute Gasteiger partial charge is 0.332 e. The summed E-state index contributed by atoms with van der Waals surface area (Å²) in [6.45, 7) is 4.13. The second-order valence-corrected chi connectivity index (χ2v) is 11.4. The first-order chi connectivity index (χ1) is 21.0. The number of urea groups is 1. The van der Waals surface area contributed by atoms with E-state index in [9.17, 15) is 9.59 Å². The molecule has 10 nitrogen and oxygen atoms in total. The average Bonchev–Trinajstić information content (AvgIpc) is 3.40. The Labute approximate surface area is 255 Å². The van der Waals surface area contributed by atoms with Crippen LogP contribution in [-0.4, -0.2) is 53.1 Å². The quantitative estimate of drug-likeness (QED) is 0.206. The highest BCUT2D eigenvalue weighted by Gasteiger charge is 2.34. The number of carbonyl (C=O) groups is 2. The van der Waals surface area contributed by atoms with E-state index in [4.69, 9.17) is 21.1 Å². The van der Waals surface area contributed by atoms with Gasteiger partial charge in [0.1, 0.15) is 27.5 Å². The van der Waals surface area contributed by atoms with Crippen LogP contribution < -0.4 is 20.3 Å². The molecule has 12 heteroatoms. The van der Waals surface area contributed by atoms with Crippen molar-refractivity contribution in [3.05, 3.63) is 94.6 Å². The molecule has 0 atom stereocenters. The summed E-state index contributed by atoms with van der Waals surface area (Å²) in [5.74, 6) is 1.11. The number of thiophene rings is 1. The molecular formula is C31H25ClN6O4S. The van der Waals surface area contributed by atoms with Gasteiger partial charge in [0, 0.05) is 25.3 Å². The lowest BCUT2D eigenvalue weighted by molar-refractivity contribution is 0.0342. The van der Waals surface area contributed by atoms with E-state index in [0.717, 1.165) is 38.4 Å². The molecule has 0 radical (unpaired) electrons. The summed E-state index contributed by atoms with van der Waals surface area (Å²) in [4.78, 5) is 40.4. The van der Waals surface area contributed by atoms with Gasteiger partial charge in [-0.1, -0.05) is 41.9 Å². The molecule has 3 aromatic carbocycles. The number of anilines is 4. The molecule has 2 aliphatic heterocycles. The Bertz CT molecular complexity index is 1830. The Kier molecular flexibility index (Phi) is 7.37. The van der Waals surface area contributed by atoms with E-state index < -0.39 is 6.03 Å². The monoisotopic (exact) mass is 612 g/mol. The molecule has 0 aliphatic carbocycles. The summed E-state index contributed by atoms with van der Waals surface area (Å²) in [6, 6.07) is 21.7. The normalized spacial score (nSPS) is 14.9. The lowest BCUT2D eigenvalue weighted by atomic mass is 10.1. The van der Waals surface area contributed by atoms with Gasteiger partial charge in [0.05, 0.1) is 35.0 Å². The molecule has 216 valence electrons. The first kappa shape index (κ1) is 27.3. The number of rotatable bonds is 7. The minimum Gasteiger partial charge on any atom is -0.456 e. The van der Waals surface area contributed by atoms with Crippen LogP contribution in [0, 0.1) is 0 Å². The number of amides is 3. The highest BCUT2D eigenvalue weighted by Crippen LogP contribution is 2.45. The number of nitrogens with zero attached hydrogens (tertiary/aromatic N) is 4. The Balaban J connectivity index is 1.13. The van der Waals surface area contributed by atoms with Gasteiger partial charge in [-0.3, -0.25) is 9.69 Å². The van der Waals surface area contributed by atoms with Crippen molar-refractivity contribution in [2.75, 3.05) is 41.8 Å². The minimum absolute atomic E-state index is 0.326. The van der Waals surface area contributed by atoms with Gasteiger partial charge in [-0.15, -0.1) is 11.3 Å². The van der Waals surface area contributed by atoms with Gasteiger partial charge in [0.2, 0.25) is 0 Å². The second kappa shape index (κ2) is 11.6. The maximum absolute atomic E-state index is 13.5. The van der Waals surface area contributed by atoms with Crippen LogP contribution in [0.1, 0.15) is 15.2 Å². The van der Waals surface area contributed by atoms with Gasteiger partial charge in [-0.05, 0) is 48.0 Å². The third-order valence-corrected chi connectivity index (χ3v) is 8.58. The van der Waals surface area contributed by atoms with Gasteiger partial charge in [0.25, 0.3) is 5.91 Å². The molecule has 43 heavy (non-hydrogen) atoms. The fourth-order valence-electron chi connectivity index (χ4n) is 5.09. The molecule has 2 aliphatic rings. The predicted molar refractivity (Wildman–Crippen MR) is 167 cm³/mol. The highest BCUT2D eigenvalue weighted by atomic mass is 35.5. The number of nitrogens with one attached hydrogen (secondary N) is 2. The number of halogens is 1. The zero-order valence-corrected chi connectivity index (χ0v) is 24.3. The van der Waals surface area contributed by atoms with Gasteiger partial charge in [0.15, 0.2) is 5.82 Å². The molecule has 0 unspecified atom stereocenters. The predicted octanol–water partition coefficient (Wildman–Crippen LogP) is 6.91. The maximum Gasteiger partial charge on any atom is 0.332 e. The number of hydrogen-bond acceptors (Lipinski definition) is 8. The summed E-state index contributed by atoms with van der Waals surface area (Å²) >= 11 is 7.75. The summed E-state index contributed by atoms with van der Waals surface area (Å²) in [5, 5.41) is 6.74. The summed E-state index contributed by atoms with van der Waals surface area (Å²) < 4.78 is 11.3. The molecule has 0 saturated carbocycles. The van der Waals surface area contributed by atoms with Crippen LogP contribution in [0.25, 0.3) is 10.2 Å². The summed E-state index contributed by atoms with van der Waals surface area (Å²) in [7, 11) is 0. The minimum atomic E-state index is -0.472. The van der Waals surface area contributed by atoms with Crippen LogP contribution >= 0.6 is 22.9 Å². The van der Waals surface area contributed by atoms with E-state index in [-0.39, 0.29) is 5.91 Å². The van der Waals surface area contributed by atoms with Gasteiger partial charge >= 0.3 is 6.03 Å². The lowest BCUT2D eigenvalue weighted by Gasteiger charge is -2.27. The van der Waals surface area contributed by atoms with Gasteiger partial charge < -0.3 is 20.1 Å². The van der Waals surface area contributed by atoms with Crippen molar-refractivity contribution in [3.8, 4) is 11.5 Å². The van der Waals surface area contributed by atoms with Crippen molar-refractivity contribution in [2.24, 2.45) is 0 Å². The number of morpholine rings is 1. The Morgan fingerprint density at radius 2 is 1.84 bits per heavy atom. The number of hydrogen-bond donors (Lipinski definition) is 2. The van der Waals surface area contributed by atoms with Crippen LogP contribution in [0.5, 0.6) is 11.5 Å². The SMILES string of the molecule is O=C(Nc1ccc(CN2CCOCC2)cc1)c1sc2ncnc3c2c1NC(=O)N3c1ccc(Oc2ccccc2)c(Cl)c1. The molecule has 7 rings (SSSR count). The molecule has 0 bridgehead atoms. The van der Waals surface area contributed by atoms with Crippen molar-refractivity contribution in [1.29, 1.82) is 0 Å². The molecule has 0 spiro atoms. The molecule has 2 aromatic heterocycles. The van der Waals surface area contributed by atoms with Gasteiger partial charge in [-0.25, -0.2) is 19.7 Å². The third kappa shape index (κ3) is 5.51. The zero-order valence-electron chi connectivity index (χ0n) is 22.7. The standard InChI is InChI=1S/C31H25ClN6O4S/c32-23-16-21(10-11-24(23)42-22-4-2-1-3-5-22)38-28-25-26(36-31(38)40)27(43-30(25)34-18-33-28)29(39)35-20-8-6-19(7-9-20)17-37-12-14-41-15-13-37/h1-11,16,18H,12-15,17H2,(H,35,39)(H,36,40). The molecule has 2 N–H and O–H groups in total. The van der Waals surface area contributed by atoms with E-state index >= 15 is 0 Å². The molecule has 4 heterocycles. The van der Waals surface area contributed by atoms with Crippen molar-refractivity contribution < 1.29 is 19.1 Å². The maximum atomic E-state index is 13.5. The fraction of sp³-hybridized carbons (Fsp3) is 0.161. The van der Waals surface area contributed by atoms with Gasteiger partial charge in [-0.2, -0.15) is 0 Å². The molecule has 5 aromatic rings. The fourth-order valence-corrected chi connectivity index (χ4v) is 6.29. The topological polar surface area (TPSA) is 109 Å². The molecule has 1 saturated heterocycles. The molecular weight excluding hydrogens is 588 g/mol. The Morgan fingerprint density at radius 3 is 2.60 bits per heavy atom. The van der Waals surface area contributed by atoms with Crippen molar-refractivity contribution in [2.45, 2.75) is 6.54 Å². The van der Waals surface area contributed by atoms with Crippen LogP contribution in [0.2, 0.25) is 5.02 Å². The van der Waals surface area contributed by atoms with Crippen molar-refractivity contribution >= 4 is 68.0 Å². The van der Waals surface area contributed by atoms with Crippen LogP contribution in [-0.2, 0) is 11.3 Å². The highest BCUT2D eigenvalue weighted by molar-refractivity contribution is 7.21. The number of carbonyl (C=O) groups excluding carboxylic acids is 2. The first-order valence-corrected chi connectivity index (χ1v) is 14.8. The number of aromatic nitrogens is 2. The number of para-hydroxylation sites is 1. The number of benzene rings is 3. The Morgan fingerprint density at radius 1 is 1.05 bits per heavy atom. The zero-order chi connectivity index (χ0) is 29.3. The second-order valence-electron chi connectivity index (χ2n) is 10.0. The molecule has 1 fully saturated rings. The molecule has 3 amide bonds. The summed E-state index contributed by atoms with van der Waals surface area (Å²) in [6.07, 6.45) is 1.38. The number of ether oxygens (including phenoxy) is 2. The van der Waals surface area contributed by atoms with Crippen LogP contribution in [0.15, 0.2) is 79.1 Å². The van der Waals surface area contributed by atoms with E-state index in [1.807, 2.05) is 54.6 Å². The van der Waals surface area contributed by atoms with E-state index in [1.54, 1.807) is 18.2 Å². The van der Waals surface area contributed by atoms with Crippen LogP contribution in [0.4, 0.5) is 27.7 Å². The van der Waals surface area contributed by atoms with E-state index in [2.05, 4.69) is 25.5 Å². The van der Waals surface area contributed by atoms with E-state index in [1.165, 1.54) is 22.6 Å².